The Bertz CT molecular complexity index is 575. The monoisotopic (exact) mass is 304 g/mol. The lowest BCUT2D eigenvalue weighted by molar-refractivity contribution is 0.252. The van der Waals surface area contributed by atoms with Gasteiger partial charge in [0, 0.05) is 18.4 Å². The quantitative estimate of drug-likeness (QED) is 0.832. The highest BCUT2D eigenvalue weighted by molar-refractivity contribution is 7.91. The van der Waals surface area contributed by atoms with Crippen molar-refractivity contribution in [2.45, 2.75) is 6.92 Å². The van der Waals surface area contributed by atoms with Crippen LogP contribution in [0.2, 0.25) is 0 Å². The van der Waals surface area contributed by atoms with Crippen molar-refractivity contribution in [2.24, 2.45) is 0 Å². The molecule has 0 radical (unpaired) electrons. The number of hydrogen-bond donors (Lipinski definition) is 2. The van der Waals surface area contributed by atoms with E-state index in [0.29, 0.717) is 5.69 Å². The highest BCUT2D eigenvalue weighted by Gasteiger charge is 2.10. The summed E-state index contributed by atoms with van der Waals surface area (Å²) in [6.45, 7) is 1.55. The maximum absolute atomic E-state index is 13.0. The molecule has 0 aliphatic carbocycles. The smallest absolute Gasteiger partial charge is 0.319 e. The van der Waals surface area contributed by atoms with Crippen LogP contribution in [0.4, 0.5) is 14.9 Å². The molecule has 0 aliphatic heterocycles. The van der Waals surface area contributed by atoms with Gasteiger partial charge in [-0.3, -0.25) is 0 Å². The standard InChI is InChI=1S/C12H17FN2O4S/c1-3-20(17,18)7-6-14-12(16)15-10-5-4-9(13)8-11(10)19-2/h4-5,8H,3,6-7H2,1-2H3,(H2,14,15,16). The number of hydrogen-bond acceptors (Lipinski definition) is 4. The van der Waals surface area contributed by atoms with Gasteiger partial charge in [-0.1, -0.05) is 6.92 Å². The summed E-state index contributed by atoms with van der Waals surface area (Å²) < 4.78 is 40.4. The maximum atomic E-state index is 13.0. The molecule has 2 amide bonds. The fraction of sp³-hybridized carbons (Fsp3) is 0.417. The topological polar surface area (TPSA) is 84.5 Å². The minimum absolute atomic E-state index is 0.00547. The van der Waals surface area contributed by atoms with Crippen molar-refractivity contribution in [1.29, 1.82) is 0 Å². The van der Waals surface area contributed by atoms with E-state index in [9.17, 15) is 17.6 Å². The van der Waals surface area contributed by atoms with E-state index in [1.165, 1.54) is 19.2 Å². The summed E-state index contributed by atoms with van der Waals surface area (Å²) in [5.74, 6) is -0.400. The molecule has 0 fully saturated rings. The first kappa shape index (κ1) is 16.2. The highest BCUT2D eigenvalue weighted by atomic mass is 32.2. The molecule has 0 unspecified atom stereocenters. The number of carbonyl (C=O) groups excluding carboxylic acids is 1. The van der Waals surface area contributed by atoms with E-state index in [-0.39, 0.29) is 23.8 Å². The molecular formula is C12H17FN2O4S. The third-order valence-corrected chi connectivity index (χ3v) is 4.26. The van der Waals surface area contributed by atoms with Gasteiger partial charge in [0.15, 0.2) is 9.84 Å². The van der Waals surface area contributed by atoms with Gasteiger partial charge in [0.05, 0.1) is 18.6 Å². The highest BCUT2D eigenvalue weighted by Crippen LogP contribution is 2.24. The first-order valence-electron chi connectivity index (χ1n) is 5.96. The number of ether oxygens (including phenoxy) is 1. The van der Waals surface area contributed by atoms with Crippen LogP contribution in [0.25, 0.3) is 0 Å². The minimum Gasteiger partial charge on any atom is -0.494 e. The van der Waals surface area contributed by atoms with Crippen LogP contribution in [-0.4, -0.2) is 39.6 Å². The molecule has 0 bridgehead atoms. The van der Waals surface area contributed by atoms with Gasteiger partial charge in [-0.2, -0.15) is 0 Å². The number of methoxy groups -OCH3 is 1. The van der Waals surface area contributed by atoms with E-state index in [1.54, 1.807) is 6.92 Å². The van der Waals surface area contributed by atoms with Gasteiger partial charge in [-0.25, -0.2) is 17.6 Å². The summed E-state index contributed by atoms with van der Waals surface area (Å²) in [6, 6.07) is 3.09. The van der Waals surface area contributed by atoms with Gasteiger partial charge in [0.1, 0.15) is 11.6 Å². The zero-order chi connectivity index (χ0) is 15.2. The van der Waals surface area contributed by atoms with Gasteiger partial charge >= 0.3 is 6.03 Å². The third-order valence-electron chi connectivity index (χ3n) is 2.55. The number of nitrogens with one attached hydrogen (secondary N) is 2. The second kappa shape index (κ2) is 7.09. The predicted octanol–water partition coefficient (Wildman–Crippen LogP) is 1.39. The summed E-state index contributed by atoms with van der Waals surface area (Å²) in [5.41, 5.74) is 0.296. The van der Waals surface area contributed by atoms with Crippen molar-refractivity contribution in [3.63, 3.8) is 0 Å². The molecule has 2 N–H and O–H groups in total. The molecule has 0 heterocycles. The molecule has 0 aromatic heterocycles. The van der Waals surface area contributed by atoms with E-state index < -0.39 is 21.7 Å². The molecule has 112 valence electrons. The number of benzene rings is 1. The predicted molar refractivity (Wildman–Crippen MR) is 74.3 cm³/mol. The van der Waals surface area contributed by atoms with Crippen molar-refractivity contribution >= 4 is 21.6 Å². The number of urea groups is 1. The zero-order valence-corrected chi connectivity index (χ0v) is 12.1. The Morgan fingerprint density at radius 1 is 1.40 bits per heavy atom. The van der Waals surface area contributed by atoms with Crippen LogP contribution >= 0.6 is 0 Å². The number of carbonyl (C=O) groups is 1. The fourth-order valence-electron chi connectivity index (χ4n) is 1.40. The Labute approximate surface area is 117 Å². The van der Waals surface area contributed by atoms with E-state index in [4.69, 9.17) is 4.74 Å². The van der Waals surface area contributed by atoms with Crippen molar-refractivity contribution in [2.75, 3.05) is 30.5 Å². The van der Waals surface area contributed by atoms with Gasteiger partial charge in [-0.15, -0.1) is 0 Å². The molecule has 0 aliphatic rings. The van der Waals surface area contributed by atoms with E-state index in [1.807, 2.05) is 0 Å². The molecule has 1 rings (SSSR count). The number of anilines is 1. The van der Waals surface area contributed by atoms with E-state index in [2.05, 4.69) is 10.6 Å². The van der Waals surface area contributed by atoms with Crippen LogP contribution in [0.15, 0.2) is 18.2 Å². The van der Waals surface area contributed by atoms with E-state index >= 15 is 0 Å². The Hall–Kier alpha value is -1.83. The van der Waals surface area contributed by atoms with Crippen molar-refractivity contribution in [3.05, 3.63) is 24.0 Å². The largest absolute Gasteiger partial charge is 0.494 e. The summed E-state index contributed by atoms with van der Waals surface area (Å²) in [4.78, 5) is 11.6. The van der Waals surface area contributed by atoms with Crippen LogP contribution in [0, 0.1) is 5.82 Å². The SMILES string of the molecule is CCS(=O)(=O)CCNC(=O)Nc1ccc(F)cc1OC. The second-order valence-electron chi connectivity index (χ2n) is 3.96. The summed E-state index contributed by atoms with van der Waals surface area (Å²) >= 11 is 0. The number of sulfone groups is 1. The molecule has 1 aromatic rings. The Balaban J connectivity index is 2.55. The molecule has 0 spiro atoms. The Morgan fingerprint density at radius 3 is 2.70 bits per heavy atom. The Kier molecular flexibility index (Phi) is 5.75. The maximum Gasteiger partial charge on any atom is 0.319 e. The molecule has 8 heteroatoms. The van der Waals surface area contributed by atoms with Crippen LogP contribution < -0.4 is 15.4 Å². The minimum atomic E-state index is -3.12. The van der Waals surface area contributed by atoms with Crippen molar-refractivity contribution in [3.8, 4) is 5.75 Å². The first-order valence-corrected chi connectivity index (χ1v) is 7.79. The number of rotatable bonds is 6. The number of amides is 2. The second-order valence-corrected chi connectivity index (χ2v) is 6.43. The van der Waals surface area contributed by atoms with Crippen LogP contribution in [0.5, 0.6) is 5.75 Å². The van der Waals surface area contributed by atoms with Crippen LogP contribution in [0.3, 0.4) is 0 Å². The van der Waals surface area contributed by atoms with Gasteiger partial charge in [0.2, 0.25) is 0 Å². The van der Waals surface area contributed by atoms with Gasteiger partial charge < -0.3 is 15.4 Å². The lowest BCUT2D eigenvalue weighted by atomic mass is 10.3. The fourth-order valence-corrected chi connectivity index (χ4v) is 2.10. The molecule has 0 saturated heterocycles. The van der Waals surface area contributed by atoms with Crippen LogP contribution in [-0.2, 0) is 9.84 Å². The molecule has 20 heavy (non-hydrogen) atoms. The van der Waals surface area contributed by atoms with Crippen LogP contribution in [0.1, 0.15) is 6.92 Å². The molecule has 0 atom stereocenters. The molecular weight excluding hydrogens is 287 g/mol. The first-order chi connectivity index (χ1) is 9.38. The third kappa shape index (κ3) is 5.04. The Morgan fingerprint density at radius 2 is 2.10 bits per heavy atom. The van der Waals surface area contributed by atoms with Gasteiger partial charge in [-0.05, 0) is 12.1 Å². The molecule has 1 aromatic carbocycles. The van der Waals surface area contributed by atoms with Crippen molar-refractivity contribution < 1.29 is 22.3 Å². The lowest BCUT2D eigenvalue weighted by Gasteiger charge is -2.11. The summed E-state index contributed by atoms with van der Waals surface area (Å²) in [6.07, 6.45) is 0. The lowest BCUT2D eigenvalue weighted by Crippen LogP contribution is -2.33. The van der Waals surface area contributed by atoms with Gasteiger partial charge in [0.25, 0.3) is 0 Å². The van der Waals surface area contributed by atoms with Crippen molar-refractivity contribution in [1.82, 2.24) is 5.32 Å². The summed E-state index contributed by atoms with van der Waals surface area (Å²) in [5, 5.41) is 4.87. The molecule has 6 nitrogen and oxygen atoms in total. The zero-order valence-electron chi connectivity index (χ0n) is 11.3. The summed E-state index contributed by atoms with van der Waals surface area (Å²) in [7, 11) is -1.77. The number of halogens is 1. The molecule has 0 saturated carbocycles. The average molecular weight is 304 g/mol. The van der Waals surface area contributed by atoms with E-state index in [0.717, 1.165) is 6.07 Å². The normalized spacial score (nSPS) is 10.9. The average Bonchev–Trinajstić information content (AvgIpc) is 2.40.